The smallest absolute Gasteiger partial charge is 0.269 e. The number of amides is 1. The maximum absolute atomic E-state index is 13.4. The van der Waals surface area contributed by atoms with Gasteiger partial charge in [-0.1, -0.05) is 23.7 Å². The second-order valence-corrected chi connectivity index (χ2v) is 5.35. The quantitative estimate of drug-likeness (QED) is 0.580. The minimum atomic E-state index is -0.387. The first-order valence-electron chi connectivity index (χ1n) is 6.35. The van der Waals surface area contributed by atoms with Gasteiger partial charge in [-0.15, -0.1) is 0 Å². The van der Waals surface area contributed by atoms with E-state index in [1.807, 2.05) is 0 Å². The first-order valence-corrected chi connectivity index (χ1v) is 7.13. The molecule has 0 bridgehead atoms. The molecule has 22 heavy (non-hydrogen) atoms. The number of aryl methyl sites for hydroxylation is 1. The van der Waals surface area contributed by atoms with E-state index in [1.165, 1.54) is 12.1 Å². The zero-order valence-electron chi connectivity index (χ0n) is 11.6. The van der Waals surface area contributed by atoms with Gasteiger partial charge in [-0.3, -0.25) is 15.6 Å². The highest BCUT2D eigenvalue weighted by Crippen LogP contribution is 2.13. The van der Waals surface area contributed by atoms with Crippen LogP contribution in [0.25, 0.3) is 0 Å². The molecule has 0 atom stereocenters. The summed E-state index contributed by atoms with van der Waals surface area (Å²) in [7, 11) is 0. The minimum absolute atomic E-state index is 0.138. The molecule has 0 aromatic heterocycles. The Labute approximate surface area is 137 Å². The van der Waals surface area contributed by atoms with Crippen molar-refractivity contribution in [3.8, 4) is 0 Å². The van der Waals surface area contributed by atoms with Crippen LogP contribution < -0.4 is 16.2 Å². The van der Waals surface area contributed by atoms with Gasteiger partial charge in [0.2, 0.25) is 0 Å². The molecule has 0 radical (unpaired) electrons. The Morgan fingerprint density at radius 1 is 1.18 bits per heavy atom. The Kier molecular flexibility index (Phi) is 5.30. The van der Waals surface area contributed by atoms with Crippen LogP contribution in [-0.2, 0) is 0 Å². The number of rotatable bonds is 2. The number of nitrogens with one attached hydrogen (secondary N) is 3. The van der Waals surface area contributed by atoms with Gasteiger partial charge < -0.3 is 5.32 Å². The molecular weight excluding hydrogens is 325 g/mol. The molecule has 3 N–H and O–H groups in total. The van der Waals surface area contributed by atoms with Crippen molar-refractivity contribution in [3.05, 3.63) is 64.4 Å². The van der Waals surface area contributed by atoms with Crippen molar-refractivity contribution in [2.45, 2.75) is 6.92 Å². The maximum atomic E-state index is 13.4. The summed E-state index contributed by atoms with van der Waals surface area (Å²) in [4.78, 5) is 11.9. The Bertz CT molecular complexity index is 724. The molecule has 0 aliphatic rings. The van der Waals surface area contributed by atoms with E-state index in [-0.39, 0.29) is 16.8 Å². The Morgan fingerprint density at radius 3 is 2.64 bits per heavy atom. The molecule has 2 rings (SSSR count). The van der Waals surface area contributed by atoms with E-state index in [9.17, 15) is 9.18 Å². The standard InChI is InChI=1S/C15H13ClFN3OS/c1-9-5-6-12(8-13(9)17)18-15(22)20-19-14(21)10-3-2-4-11(16)7-10/h2-8H,1H3,(H,19,21)(H2,18,20,22). The first kappa shape index (κ1) is 16.2. The second kappa shape index (κ2) is 7.20. The molecule has 0 saturated carbocycles. The molecule has 0 fully saturated rings. The van der Waals surface area contributed by atoms with E-state index >= 15 is 0 Å². The third-order valence-electron chi connectivity index (χ3n) is 2.81. The fourth-order valence-corrected chi connectivity index (χ4v) is 2.01. The van der Waals surface area contributed by atoms with E-state index in [0.29, 0.717) is 21.8 Å². The van der Waals surface area contributed by atoms with Gasteiger partial charge in [-0.05, 0) is 55.0 Å². The van der Waals surface area contributed by atoms with Crippen LogP contribution >= 0.6 is 23.8 Å². The number of halogens is 2. The summed E-state index contributed by atoms with van der Waals surface area (Å²) in [5, 5.41) is 3.37. The number of carbonyl (C=O) groups is 1. The van der Waals surface area contributed by atoms with E-state index < -0.39 is 0 Å². The lowest BCUT2D eigenvalue weighted by molar-refractivity contribution is 0.0944. The molecule has 7 heteroatoms. The zero-order chi connectivity index (χ0) is 16.1. The second-order valence-electron chi connectivity index (χ2n) is 4.51. The molecule has 114 valence electrons. The van der Waals surface area contributed by atoms with Crippen molar-refractivity contribution >= 4 is 40.5 Å². The van der Waals surface area contributed by atoms with Crippen LogP contribution in [0.1, 0.15) is 15.9 Å². The van der Waals surface area contributed by atoms with Crippen molar-refractivity contribution in [1.82, 2.24) is 10.9 Å². The number of anilines is 1. The molecule has 4 nitrogen and oxygen atoms in total. The van der Waals surface area contributed by atoms with E-state index in [2.05, 4.69) is 16.2 Å². The first-order chi connectivity index (χ1) is 10.5. The molecule has 0 aliphatic carbocycles. The number of benzene rings is 2. The van der Waals surface area contributed by atoms with Crippen LogP contribution in [-0.4, -0.2) is 11.0 Å². The number of thiocarbonyl (C=S) groups is 1. The van der Waals surface area contributed by atoms with Crippen LogP contribution in [0.2, 0.25) is 5.02 Å². The monoisotopic (exact) mass is 337 g/mol. The Morgan fingerprint density at radius 2 is 1.95 bits per heavy atom. The molecule has 0 unspecified atom stereocenters. The van der Waals surface area contributed by atoms with Crippen LogP contribution in [0, 0.1) is 12.7 Å². The van der Waals surface area contributed by atoms with Crippen molar-refractivity contribution in [2.24, 2.45) is 0 Å². The highest BCUT2D eigenvalue weighted by atomic mass is 35.5. The average molecular weight is 338 g/mol. The average Bonchev–Trinajstić information content (AvgIpc) is 2.48. The Hall–Kier alpha value is -2.18. The topological polar surface area (TPSA) is 53.2 Å². The van der Waals surface area contributed by atoms with E-state index in [4.69, 9.17) is 23.8 Å². The number of carbonyl (C=O) groups excluding carboxylic acids is 1. The summed E-state index contributed by atoms with van der Waals surface area (Å²) in [6.45, 7) is 1.67. The van der Waals surface area contributed by atoms with E-state index in [1.54, 1.807) is 37.3 Å². The van der Waals surface area contributed by atoms with Gasteiger partial charge in [-0.25, -0.2) is 4.39 Å². The molecule has 0 saturated heterocycles. The van der Waals surface area contributed by atoms with Crippen molar-refractivity contribution in [1.29, 1.82) is 0 Å². The highest BCUT2D eigenvalue weighted by molar-refractivity contribution is 7.80. The molecule has 2 aromatic rings. The Balaban J connectivity index is 1.90. The van der Waals surface area contributed by atoms with Gasteiger partial charge in [0.1, 0.15) is 5.82 Å². The third kappa shape index (κ3) is 4.41. The SMILES string of the molecule is Cc1ccc(NC(=S)NNC(=O)c2cccc(Cl)c2)cc1F. The molecule has 0 spiro atoms. The van der Waals surface area contributed by atoms with Gasteiger partial charge in [0, 0.05) is 16.3 Å². The summed E-state index contributed by atoms with van der Waals surface area (Å²) in [6, 6.07) is 11.1. The van der Waals surface area contributed by atoms with Gasteiger partial charge in [0.25, 0.3) is 5.91 Å². The predicted molar refractivity (Wildman–Crippen MR) is 89.4 cm³/mol. The summed E-state index contributed by atoms with van der Waals surface area (Å²) in [6.07, 6.45) is 0. The van der Waals surface area contributed by atoms with E-state index in [0.717, 1.165) is 0 Å². The molecule has 0 heterocycles. The van der Waals surface area contributed by atoms with Crippen molar-refractivity contribution in [3.63, 3.8) is 0 Å². The largest absolute Gasteiger partial charge is 0.331 e. The fourth-order valence-electron chi connectivity index (χ4n) is 1.65. The molecule has 1 amide bonds. The number of hydrazine groups is 1. The molecular formula is C15H13ClFN3OS. The van der Waals surface area contributed by atoms with Crippen LogP contribution in [0.15, 0.2) is 42.5 Å². The minimum Gasteiger partial charge on any atom is -0.331 e. The highest BCUT2D eigenvalue weighted by Gasteiger charge is 2.06. The maximum Gasteiger partial charge on any atom is 0.269 e. The molecule has 0 aliphatic heterocycles. The lowest BCUT2D eigenvalue weighted by atomic mass is 10.2. The predicted octanol–water partition coefficient (Wildman–Crippen LogP) is 3.42. The molecule has 2 aromatic carbocycles. The van der Waals surface area contributed by atoms with Crippen molar-refractivity contribution < 1.29 is 9.18 Å². The summed E-state index contributed by atoms with van der Waals surface area (Å²) in [5.74, 6) is -0.725. The summed E-state index contributed by atoms with van der Waals surface area (Å²) in [5.41, 5.74) is 6.38. The number of hydrogen-bond acceptors (Lipinski definition) is 2. The summed E-state index contributed by atoms with van der Waals surface area (Å²) >= 11 is 10.8. The lowest BCUT2D eigenvalue weighted by Crippen LogP contribution is -2.43. The summed E-state index contributed by atoms with van der Waals surface area (Å²) < 4.78 is 13.4. The van der Waals surface area contributed by atoms with Crippen LogP contribution in [0.4, 0.5) is 10.1 Å². The number of hydrogen-bond donors (Lipinski definition) is 3. The fraction of sp³-hybridized carbons (Fsp3) is 0.0667. The van der Waals surface area contributed by atoms with Crippen molar-refractivity contribution in [2.75, 3.05) is 5.32 Å². The third-order valence-corrected chi connectivity index (χ3v) is 3.25. The van der Waals surface area contributed by atoms with Crippen LogP contribution in [0.5, 0.6) is 0 Å². The van der Waals surface area contributed by atoms with Gasteiger partial charge in [0.05, 0.1) is 0 Å². The van der Waals surface area contributed by atoms with Crippen LogP contribution in [0.3, 0.4) is 0 Å². The normalized spacial score (nSPS) is 9.95. The van der Waals surface area contributed by atoms with Gasteiger partial charge in [0.15, 0.2) is 5.11 Å². The van der Waals surface area contributed by atoms with Gasteiger partial charge in [-0.2, -0.15) is 0 Å². The lowest BCUT2D eigenvalue weighted by Gasteiger charge is -2.12. The zero-order valence-corrected chi connectivity index (χ0v) is 13.2. The van der Waals surface area contributed by atoms with Gasteiger partial charge >= 0.3 is 0 Å².